The molecular weight excluding hydrogens is 248 g/mol. The van der Waals surface area contributed by atoms with Crippen LogP contribution in [0.15, 0.2) is 0 Å². The summed E-state index contributed by atoms with van der Waals surface area (Å²) in [5.41, 5.74) is 0. The zero-order chi connectivity index (χ0) is 13.1. The van der Waals surface area contributed by atoms with E-state index < -0.39 is 0 Å². The Morgan fingerprint density at radius 2 is 2.11 bits per heavy atom. The second-order valence-electron chi connectivity index (χ2n) is 5.01. The maximum atomic E-state index is 12.1. The Balaban J connectivity index is 1.88. The highest BCUT2D eigenvalue weighted by Crippen LogP contribution is 2.19. The van der Waals surface area contributed by atoms with Gasteiger partial charge in [0.05, 0.1) is 6.04 Å². The van der Waals surface area contributed by atoms with Crippen LogP contribution >= 0.6 is 11.3 Å². The van der Waals surface area contributed by atoms with Gasteiger partial charge < -0.3 is 0 Å². The lowest BCUT2D eigenvalue weighted by Gasteiger charge is -2.33. The first-order valence-corrected chi connectivity index (χ1v) is 7.23. The average Bonchev–Trinajstić information content (AvgIpc) is 2.75. The second-order valence-corrected chi connectivity index (χ2v) is 6.19. The largest absolute Gasteiger partial charge is 0.299 e. The SMILES string of the molecule is Cc1nnc(NC(=O)C(C)N2CCC(C)CC2)s1. The van der Waals surface area contributed by atoms with Gasteiger partial charge in [-0.05, 0) is 45.7 Å². The third-order valence-electron chi connectivity index (χ3n) is 3.50. The van der Waals surface area contributed by atoms with Gasteiger partial charge in [-0.25, -0.2) is 0 Å². The quantitative estimate of drug-likeness (QED) is 0.909. The third-order valence-corrected chi connectivity index (χ3v) is 4.26. The lowest BCUT2D eigenvalue weighted by Crippen LogP contribution is -2.45. The molecule has 1 saturated heterocycles. The monoisotopic (exact) mass is 268 g/mol. The number of likely N-dealkylation sites (tertiary alicyclic amines) is 1. The Morgan fingerprint density at radius 3 is 2.67 bits per heavy atom. The molecule has 1 N–H and O–H groups in total. The maximum absolute atomic E-state index is 12.1. The van der Waals surface area contributed by atoms with Crippen LogP contribution in [-0.4, -0.2) is 40.1 Å². The molecule has 0 aliphatic carbocycles. The molecule has 2 heterocycles. The van der Waals surface area contributed by atoms with Gasteiger partial charge in [0.2, 0.25) is 11.0 Å². The molecule has 6 heteroatoms. The lowest BCUT2D eigenvalue weighted by atomic mass is 9.98. The molecule has 1 amide bonds. The number of aromatic nitrogens is 2. The van der Waals surface area contributed by atoms with Crippen LogP contribution in [0.5, 0.6) is 0 Å². The molecule has 2 rings (SSSR count). The third kappa shape index (κ3) is 3.26. The van der Waals surface area contributed by atoms with Crippen LogP contribution in [0.2, 0.25) is 0 Å². The minimum absolute atomic E-state index is 0.0145. The normalized spacial score (nSPS) is 19.7. The maximum Gasteiger partial charge on any atom is 0.243 e. The molecule has 1 aliphatic rings. The highest BCUT2D eigenvalue weighted by Gasteiger charge is 2.25. The topological polar surface area (TPSA) is 58.1 Å². The summed E-state index contributed by atoms with van der Waals surface area (Å²) in [4.78, 5) is 14.3. The summed E-state index contributed by atoms with van der Waals surface area (Å²) in [6, 6.07) is -0.0956. The molecule has 0 spiro atoms. The highest BCUT2D eigenvalue weighted by atomic mass is 32.1. The van der Waals surface area contributed by atoms with E-state index in [0.29, 0.717) is 5.13 Å². The van der Waals surface area contributed by atoms with Gasteiger partial charge in [0.15, 0.2) is 0 Å². The van der Waals surface area contributed by atoms with E-state index in [1.165, 1.54) is 24.2 Å². The summed E-state index contributed by atoms with van der Waals surface area (Å²) in [5.74, 6) is 0.794. The van der Waals surface area contributed by atoms with Gasteiger partial charge in [-0.15, -0.1) is 10.2 Å². The van der Waals surface area contributed by atoms with Crippen molar-refractivity contribution in [1.29, 1.82) is 0 Å². The van der Waals surface area contributed by atoms with Crippen molar-refractivity contribution >= 4 is 22.4 Å². The Hall–Kier alpha value is -1.01. The van der Waals surface area contributed by atoms with Gasteiger partial charge in [0.25, 0.3) is 0 Å². The first-order chi connectivity index (χ1) is 8.56. The number of carbonyl (C=O) groups excluding carboxylic acids is 1. The molecule has 0 radical (unpaired) electrons. The number of hydrogen-bond acceptors (Lipinski definition) is 5. The Kier molecular flexibility index (Phi) is 4.29. The average molecular weight is 268 g/mol. The van der Waals surface area contributed by atoms with Crippen LogP contribution in [0.1, 0.15) is 31.7 Å². The second kappa shape index (κ2) is 5.75. The highest BCUT2D eigenvalue weighted by molar-refractivity contribution is 7.15. The number of anilines is 1. The molecule has 0 bridgehead atoms. The number of hydrogen-bond donors (Lipinski definition) is 1. The predicted octanol–water partition coefficient (Wildman–Crippen LogP) is 1.91. The molecule has 1 unspecified atom stereocenters. The van der Waals surface area contributed by atoms with Crippen LogP contribution in [0, 0.1) is 12.8 Å². The van der Waals surface area contributed by atoms with Gasteiger partial charge in [0.1, 0.15) is 5.01 Å². The molecule has 0 aromatic carbocycles. The lowest BCUT2D eigenvalue weighted by molar-refractivity contribution is -0.121. The van der Waals surface area contributed by atoms with Gasteiger partial charge in [-0.1, -0.05) is 18.3 Å². The molecule has 1 fully saturated rings. The van der Waals surface area contributed by atoms with Gasteiger partial charge in [-0.2, -0.15) is 0 Å². The smallest absolute Gasteiger partial charge is 0.243 e. The molecule has 18 heavy (non-hydrogen) atoms. The number of nitrogens with one attached hydrogen (secondary N) is 1. The summed E-state index contributed by atoms with van der Waals surface area (Å²) in [6.07, 6.45) is 2.35. The zero-order valence-corrected chi connectivity index (χ0v) is 12.0. The Bertz CT molecular complexity index is 412. The molecule has 1 aliphatic heterocycles. The van der Waals surface area contributed by atoms with E-state index in [-0.39, 0.29) is 11.9 Å². The van der Waals surface area contributed by atoms with Crippen molar-refractivity contribution in [2.45, 2.75) is 39.7 Å². The number of piperidine rings is 1. The Labute approximate surface area is 112 Å². The van der Waals surface area contributed by atoms with E-state index in [1.807, 2.05) is 13.8 Å². The summed E-state index contributed by atoms with van der Waals surface area (Å²) in [7, 11) is 0. The summed E-state index contributed by atoms with van der Waals surface area (Å²) >= 11 is 1.41. The van der Waals surface area contributed by atoms with Crippen molar-refractivity contribution in [3.05, 3.63) is 5.01 Å². The number of rotatable bonds is 3. The minimum Gasteiger partial charge on any atom is -0.299 e. The summed E-state index contributed by atoms with van der Waals surface area (Å²) < 4.78 is 0. The van der Waals surface area contributed by atoms with Crippen LogP contribution in [0.25, 0.3) is 0 Å². The standard InChI is InChI=1S/C12H20N4OS/c1-8-4-6-16(7-5-8)9(2)11(17)13-12-15-14-10(3)18-12/h8-9H,4-7H2,1-3H3,(H,13,15,17). The van der Waals surface area contributed by atoms with Crippen molar-refractivity contribution in [2.75, 3.05) is 18.4 Å². The van der Waals surface area contributed by atoms with E-state index in [2.05, 4.69) is 27.3 Å². The zero-order valence-electron chi connectivity index (χ0n) is 11.1. The number of aryl methyl sites for hydroxylation is 1. The van der Waals surface area contributed by atoms with Crippen molar-refractivity contribution < 1.29 is 4.79 Å². The van der Waals surface area contributed by atoms with E-state index in [9.17, 15) is 4.79 Å². The van der Waals surface area contributed by atoms with Crippen molar-refractivity contribution in [2.24, 2.45) is 5.92 Å². The van der Waals surface area contributed by atoms with Gasteiger partial charge in [0, 0.05) is 0 Å². The molecule has 5 nitrogen and oxygen atoms in total. The molecule has 1 aromatic heterocycles. The number of carbonyl (C=O) groups is 1. The molecule has 0 saturated carbocycles. The summed E-state index contributed by atoms with van der Waals surface area (Å²) in [6.45, 7) is 8.11. The van der Waals surface area contributed by atoms with Crippen molar-refractivity contribution in [3.8, 4) is 0 Å². The minimum atomic E-state index is -0.0956. The van der Waals surface area contributed by atoms with Gasteiger partial charge >= 0.3 is 0 Å². The van der Waals surface area contributed by atoms with Crippen LogP contribution in [0.3, 0.4) is 0 Å². The van der Waals surface area contributed by atoms with Crippen LogP contribution in [0.4, 0.5) is 5.13 Å². The predicted molar refractivity (Wildman–Crippen MR) is 72.7 cm³/mol. The fraction of sp³-hybridized carbons (Fsp3) is 0.750. The van der Waals surface area contributed by atoms with Crippen LogP contribution in [-0.2, 0) is 4.79 Å². The van der Waals surface area contributed by atoms with E-state index in [4.69, 9.17) is 0 Å². The van der Waals surface area contributed by atoms with Gasteiger partial charge in [-0.3, -0.25) is 15.0 Å². The first kappa shape index (κ1) is 13.4. The number of amides is 1. The molecular formula is C12H20N4OS. The van der Waals surface area contributed by atoms with Crippen LogP contribution < -0.4 is 5.32 Å². The Morgan fingerprint density at radius 1 is 1.44 bits per heavy atom. The fourth-order valence-corrected chi connectivity index (χ4v) is 2.73. The van der Waals surface area contributed by atoms with Crippen molar-refractivity contribution in [3.63, 3.8) is 0 Å². The van der Waals surface area contributed by atoms with E-state index in [1.54, 1.807) is 0 Å². The fourth-order valence-electron chi connectivity index (χ4n) is 2.14. The van der Waals surface area contributed by atoms with E-state index >= 15 is 0 Å². The molecule has 1 aromatic rings. The van der Waals surface area contributed by atoms with E-state index in [0.717, 1.165) is 24.0 Å². The molecule has 100 valence electrons. The first-order valence-electron chi connectivity index (χ1n) is 6.41. The van der Waals surface area contributed by atoms with Crippen molar-refractivity contribution in [1.82, 2.24) is 15.1 Å². The molecule has 1 atom stereocenters. The summed E-state index contributed by atoms with van der Waals surface area (Å²) in [5, 5.41) is 12.1. The number of nitrogens with zero attached hydrogens (tertiary/aromatic N) is 3.